The number of carbonyl (C=O) groups excluding carboxylic acids is 1. The van der Waals surface area contributed by atoms with Crippen molar-refractivity contribution in [3.63, 3.8) is 0 Å². The van der Waals surface area contributed by atoms with Crippen molar-refractivity contribution in [2.75, 3.05) is 36.5 Å². The molecule has 0 unspecified atom stereocenters. The summed E-state index contributed by atoms with van der Waals surface area (Å²) in [6.45, 7) is 1.25. The van der Waals surface area contributed by atoms with Gasteiger partial charge in [-0.25, -0.2) is 21.1 Å². The van der Waals surface area contributed by atoms with Crippen molar-refractivity contribution >= 4 is 37.3 Å². The summed E-state index contributed by atoms with van der Waals surface area (Å²) in [7, 11) is -4.74. The monoisotopic (exact) mass is 425 g/mol. The summed E-state index contributed by atoms with van der Waals surface area (Å²) in [5.74, 6) is -0.657. The summed E-state index contributed by atoms with van der Waals surface area (Å²) in [6, 6.07) is 12.7. The minimum Gasteiger partial charge on any atom is -0.323 e. The predicted octanol–water partition coefficient (Wildman–Crippen LogP) is 1.65. The Bertz CT molecular complexity index is 1080. The van der Waals surface area contributed by atoms with Crippen LogP contribution in [0.3, 0.4) is 0 Å². The molecule has 0 atom stereocenters. The minimum absolute atomic E-state index is 0.0739. The second-order valence-corrected chi connectivity index (χ2v) is 10.4. The Kier molecular flexibility index (Phi) is 6.48. The third-order valence-corrected chi connectivity index (χ3v) is 6.99. The normalized spacial score (nSPS) is 12.0. The molecule has 152 valence electrons. The zero-order valence-corrected chi connectivity index (χ0v) is 17.7. The zero-order valence-electron chi connectivity index (χ0n) is 16.1. The Balaban J connectivity index is 2.35. The van der Waals surface area contributed by atoms with E-state index in [-0.39, 0.29) is 10.6 Å². The third kappa shape index (κ3) is 4.89. The van der Waals surface area contributed by atoms with E-state index >= 15 is 0 Å². The molecular weight excluding hydrogens is 402 g/mol. The molecule has 0 saturated carbocycles. The number of hydrogen-bond donors (Lipinski definition) is 1. The highest BCUT2D eigenvalue weighted by atomic mass is 32.2. The number of amides is 1. The summed E-state index contributed by atoms with van der Waals surface area (Å²) in [5, 5.41) is 2.51. The first-order chi connectivity index (χ1) is 12.9. The molecule has 0 aliphatic rings. The molecule has 10 heteroatoms. The first-order valence-corrected chi connectivity index (χ1v) is 11.6. The van der Waals surface area contributed by atoms with Gasteiger partial charge in [0.15, 0.2) is 0 Å². The molecule has 2 rings (SSSR count). The standard InChI is InChI=1S/C18H23N3O5S2/c1-14-9-5-7-11-16(14)21(27(4,23)24)13-18(22)19-15-10-6-8-12-17(15)28(25,26)20(2)3/h5-12H,13H2,1-4H3,(H,19,22). The lowest BCUT2D eigenvalue weighted by Gasteiger charge is -2.24. The molecule has 0 fully saturated rings. The fourth-order valence-electron chi connectivity index (χ4n) is 2.54. The van der Waals surface area contributed by atoms with Gasteiger partial charge in [-0.2, -0.15) is 0 Å². The first-order valence-electron chi connectivity index (χ1n) is 8.29. The molecule has 0 aliphatic heterocycles. The Morgan fingerprint density at radius 1 is 0.964 bits per heavy atom. The van der Waals surface area contributed by atoms with E-state index in [4.69, 9.17) is 0 Å². The molecule has 2 aromatic rings. The van der Waals surface area contributed by atoms with Crippen LogP contribution in [0.25, 0.3) is 0 Å². The lowest BCUT2D eigenvalue weighted by atomic mass is 10.2. The number of para-hydroxylation sites is 2. The van der Waals surface area contributed by atoms with Crippen LogP contribution in [0.15, 0.2) is 53.4 Å². The highest BCUT2D eigenvalue weighted by Crippen LogP contribution is 2.25. The Labute approximate surface area is 165 Å². The second kappa shape index (κ2) is 8.29. The van der Waals surface area contributed by atoms with E-state index in [2.05, 4.69) is 5.32 Å². The average molecular weight is 426 g/mol. The van der Waals surface area contributed by atoms with E-state index in [9.17, 15) is 21.6 Å². The molecule has 1 amide bonds. The molecule has 1 N–H and O–H groups in total. The van der Waals surface area contributed by atoms with Gasteiger partial charge < -0.3 is 5.32 Å². The first kappa shape index (κ1) is 21.9. The molecule has 0 radical (unpaired) electrons. The Hall–Kier alpha value is -2.43. The van der Waals surface area contributed by atoms with Gasteiger partial charge in [0.25, 0.3) is 0 Å². The maximum atomic E-state index is 12.6. The molecular formula is C18H23N3O5S2. The van der Waals surface area contributed by atoms with E-state index in [1.807, 2.05) is 0 Å². The lowest BCUT2D eigenvalue weighted by Crippen LogP contribution is -2.38. The average Bonchev–Trinajstić information content (AvgIpc) is 2.59. The van der Waals surface area contributed by atoms with Crippen LogP contribution in [0.5, 0.6) is 0 Å². The van der Waals surface area contributed by atoms with E-state index < -0.39 is 32.5 Å². The van der Waals surface area contributed by atoms with Crippen molar-refractivity contribution in [2.45, 2.75) is 11.8 Å². The van der Waals surface area contributed by atoms with Crippen LogP contribution in [0, 0.1) is 6.92 Å². The Morgan fingerprint density at radius 2 is 1.54 bits per heavy atom. The predicted molar refractivity (Wildman–Crippen MR) is 109 cm³/mol. The smallest absolute Gasteiger partial charge is 0.245 e. The molecule has 0 bridgehead atoms. The van der Waals surface area contributed by atoms with Crippen LogP contribution in [-0.4, -0.2) is 53.9 Å². The van der Waals surface area contributed by atoms with Crippen LogP contribution < -0.4 is 9.62 Å². The highest BCUT2D eigenvalue weighted by molar-refractivity contribution is 7.92. The molecule has 0 spiro atoms. The van der Waals surface area contributed by atoms with Crippen molar-refractivity contribution in [3.05, 3.63) is 54.1 Å². The van der Waals surface area contributed by atoms with Crippen molar-refractivity contribution in [1.82, 2.24) is 4.31 Å². The molecule has 8 nitrogen and oxygen atoms in total. The van der Waals surface area contributed by atoms with Crippen LogP contribution >= 0.6 is 0 Å². The maximum Gasteiger partial charge on any atom is 0.245 e. The summed E-state index contributed by atoms with van der Waals surface area (Å²) < 4.78 is 51.4. The number of anilines is 2. The van der Waals surface area contributed by atoms with Gasteiger partial charge >= 0.3 is 0 Å². The van der Waals surface area contributed by atoms with Crippen molar-refractivity contribution in [2.24, 2.45) is 0 Å². The van der Waals surface area contributed by atoms with Crippen LogP contribution in [0.2, 0.25) is 0 Å². The fraction of sp³-hybridized carbons (Fsp3) is 0.278. The number of nitrogens with zero attached hydrogens (tertiary/aromatic N) is 2. The third-order valence-electron chi connectivity index (χ3n) is 3.99. The van der Waals surface area contributed by atoms with Gasteiger partial charge in [-0.05, 0) is 30.7 Å². The van der Waals surface area contributed by atoms with Gasteiger partial charge in [0.2, 0.25) is 26.0 Å². The van der Waals surface area contributed by atoms with E-state index in [1.165, 1.54) is 26.2 Å². The van der Waals surface area contributed by atoms with Crippen LogP contribution in [0.4, 0.5) is 11.4 Å². The van der Waals surface area contributed by atoms with Crippen molar-refractivity contribution in [1.29, 1.82) is 0 Å². The number of nitrogens with one attached hydrogen (secondary N) is 1. The summed E-state index contributed by atoms with van der Waals surface area (Å²) in [5.41, 5.74) is 1.16. The number of rotatable bonds is 7. The topological polar surface area (TPSA) is 104 Å². The largest absolute Gasteiger partial charge is 0.323 e. The Morgan fingerprint density at radius 3 is 2.11 bits per heavy atom. The van der Waals surface area contributed by atoms with Gasteiger partial charge in [-0.1, -0.05) is 30.3 Å². The molecule has 2 aromatic carbocycles. The molecule has 28 heavy (non-hydrogen) atoms. The van der Waals surface area contributed by atoms with E-state index in [0.29, 0.717) is 11.3 Å². The number of carbonyl (C=O) groups is 1. The molecule has 0 heterocycles. The SMILES string of the molecule is Cc1ccccc1N(CC(=O)Nc1ccccc1S(=O)(=O)N(C)C)S(C)(=O)=O. The van der Waals surface area contributed by atoms with Crippen LogP contribution in [-0.2, 0) is 24.8 Å². The molecule has 0 saturated heterocycles. The van der Waals surface area contributed by atoms with Gasteiger partial charge in [0, 0.05) is 14.1 Å². The maximum absolute atomic E-state index is 12.6. The minimum atomic E-state index is -3.78. The van der Waals surface area contributed by atoms with Gasteiger partial charge in [0.05, 0.1) is 17.6 Å². The fourth-order valence-corrected chi connectivity index (χ4v) is 4.49. The number of sulfonamides is 2. The molecule has 0 aliphatic carbocycles. The van der Waals surface area contributed by atoms with E-state index in [1.54, 1.807) is 43.3 Å². The quantitative estimate of drug-likeness (QED) is 0.726. The molecule has 0 aromatic heterocycles. The number of hydrogen-bond acceptors (Lipinski definition) is 5. The van der Waals surface area contributed by atoms with Crippen molar-refractivity contribution in [3.8, 4) is 0 Å². The summed E-state index contributed by atoms with van der Waals surface area (Å²) in [4.78, 5) is 12.5. The van der Waals surface area contributed by atoms with Gasteiger partial charge in [0.1, 0.15) is 11.4 Å². The lowest BCUT2D eigenvalue weighted by molar-refractivity contribution is -0.114. The van der Waals surface area contributed by atoms with Gasteiger partial charge in [-0.3, -0.25) is 9.10 Å². The number of aryl methyl sites for hydroxylation is 1. The van der Waals surface area contributed by atoms with Gasteiger partial charge in [-0.15, -0.1) is 0 Å². The summed E-state index contributed by atoms with van der Waals surface area (Å²) >= 11 is 0. The zero-order chi connectivity index (χ0) is 21.1. The number of benzene rings is 2. The summed E-state index contributed by atoms with van der Waals surface area (Å²) in [6.07, 6.45) is 1.01. The van der Waals surface area contributed by atoms with Crippen LogP contribution in [0.1, 0.15) is 5.56 Å². The van der Waals surface area contributed by atoms with E-state index in [0.717, 1.165) is 14.9 Å². The second-order valence-electron chi connectivity index (χ2n) is 6.39. The highest BCUT2D eigenvalue weighted by Gasteiger charge is 2.25. The van der Waals surface area contributed by atoms with Crippen molar-refractivity contribution < 1.29 is 21.6 Å².